The lowest BCUT2D eigenvalue weighted by molar-refractivity contribution is 0.0954. The second-order valence-corrected chi connectivity index (χ2v) is 4.42. The van der Waals surface area contributed by atoms with E-state index in [1.54, 1.807) is 36.7 Å². The molecule has 1 aromatic heterocycles. The molecule has 0 aliphatic carbocycles. The maximum atomic E-state index is 11.9. The quantitative estimate of drug-likeness (QED) is 0.766. The van der Waals surface area contributed by atoms with E-state index >= 15 is 0 Å². The monoisotopic (exact) mass is 285 g/mol. The van der Waals surface area contributed by atoms with Gasteiger partial charge in [-0.25, -0.2) is 0 Å². The molecule has 0 saturated heterocycles. The summed E-state index contributed by atoms with van der Waals surface area (Å²) in [5, 5.41) is 6.00. The minimum Gasteiger partial charge on any atom is -0.456 e. The highest BCUT2D eigenvalue weighted by molar-refractivity contribution is 5.94. The van der Waals surface area contributed by atoms with Gasteiger partial charge in [0, 0.05) is 24.8 Å². The molecule has 0 unspecified atom stereocenters. The third-order valence-electron chi connectivity index (χ3n) is 2.82. The van der Waals surface area contributed by atoms with Gasteiger partial charge in [0.15, 0.2) is 0 Å². The Hall–Kier alpha value is -2.40. The molecule has 5 heteroatoms. The second kappa shape index (κ2) is 8.01. The van der Waals surface area contributed by atoms with Crippen molar-refractivity contribution in [3.8, 4) is 11.5 Å². The molecule has 0 aliphatic rings. The predicted octanol–water partition coefficient (Wildman–Crippen LogP) is 2.21. The molecule has 1 aromatic carbocycles. The van der Waals surface area contributed by atoms with Crippen LogP contribution in [0, 0.1) is 0 Å². The van der Waals surface area contributed by atoms with Gasteiger partial charge in [0.1, 0.15) is 11.5 Å². The smallest absolute Gasteiger partial charge is 0.251 e. The van der Waals surface area contributed by atoms with Crippen LogP contribution in [0.4, 0.5) is 0 Å². The van der Waals surface area contributed by atoms with Crippen LogP contribution in [0.15, 0.2) is 48.8 Å². The summed E-state index contributed by atoms with van der Waals surface area (Å²) in [5.41, 5.74) is 0.616. The Labute approximate surface area is 124 Å². The summed E-state index contributed by atoms with van der Waals surface area (Å²) in [7, 11) is 0. The minimum atomic E-state index is -0.0826. The molecule has 0 radical (unpaired) electrons. The SMILES string of the molecule is CCNCCNC(=O)c1ccc(Oc2cccnc2)cc1. The zero-order chi connectivity index (χ0) is 14.9. The van der Waals surface area contributed by atoms with E-state index in [0.717, 1.165) is 13.1 Å². The summed E-state index contributed by atoms with van der Waals surface area (Å²) in [6.45, 7) is 4.31. The van der Waals surface area contributed by atoms with Crippen LogP contribution in [0.5, 0.6) is 11.5 Å². The molecule has 21 heavy (non-hydrogen) atoms. The molecular weight excluding hydrogens is 266 g/mol. The molecule has 0 spiro atoms. The van der Waals surface area contributed by atoms with Gasteiger partial charge in [-0.1, -0.05) is 6.92 Å². The number of rotatable bonds is 7. The highest BCUT2D eigenvalue weighted by atomic mass is 16.5. The number of hydrogen-bond acceptors (Lipinski definition) is 4. The molecule has 2 aromatic rings. The van der Waals surface area contributed by atoms with Crippen molar-refractivity contribution in [1.29, 1.82) is 0 Å². The number of carbonyl (C=O) groups is 1. The van der Waals surface area contributed by atoms with Gasteiger partial charge in [0.25, 0.3) is 5.91 Å². The van der Waals surface area contributed by atoms with Gasteiger partial charge in [-0.05, 0) is 42.9 Å². The first-order valence-electron chi connectivity index (χ1n) is 6.96. The van der Waals surface area contributed by atoms with Gasteiger partial charge < -0.3 is 15.4 Å². The number of aromatic nitrogens is 1. The second-order valence-electron chi connectivity index (χ2n) is 4.42. The molecule has 0 saturated carbocycles. The van der Waals surface area contributed by atoms with Gasteiger partial charge in [-0.15, -0.1) is 0 Å². The van der Waals surface area contributed by atoms with E-state index in [-0.39, 0.29) is 5.91 Å². The standard InChI is InChI=1S/C16H19N3O2/c1-2-17-10-11-19-16(20)13-5-7-14(8-6-13)21-15-4-3-9-18-12-15/h3-9,12,17H,2,10-11H2,1H3,(H,19,20). The van der Waals surface area contributed by atoms with Crippen LogP contribution in [0.2, 0.25) is 0 Å². The van der Waals surface area contributed by atoms with Crippen LogP contribution < -0.4 is 15.4 Å². The van der Waals surface area contributed by atoms with Crippen molar-refractivity contribution in [2.24, 2.45) is 0 Å². The van der Waals surface area contributed by atoms with E-state index in [0.29, 0.717) is 23.6 Å². The Morgan fingerprint density at radius 3 is 2.62 bits per heavy atom. The Morgan fingerprint density at radius 2 is 1.95 bits per heavy atom. The molecule has 5 nitrogen and oxygen atoms in total. The van der Waals surface area contributed by atoms with E-state index in [2.05, 4.69) is 15.6 Å². The molecular formula is C16H19N3O2. The summed E-state index contributed by atoms with van der Waals surface area (Å²) in [4.78, 5) is 15.9. The van der Waals surface area contributed by atoms with Crippen molar-refractivity contribution < 1.29 is 9.53 Å². The van der Waals surface area contributed by atoms with Gasteiger partial charge in [-0.3, -0.25) is 9.78 Å². The maximum Gasteiger partial charge on any atom is 0.251 e. The van der Waals surface area contributed by atoms with Crippen molar-refractivity contribution in [1.82, 2.24) is 15.6 Å². The number of nitrogens with one attached hydrogen (secondary N) is 2. The topological polar surface area (TPSA) is 63.2 Å². The Balaban J connectivity index is 1.88. The molecule has 0 bridgehead atoms. The maximum absolute atomic E-state index is 11.9. The number of ether oxygens (including phenoxy) is 1. The third kappa shape index (κ3) is 4.89. The van der Waals surface area contributed by atoms with Crippen molar-refractivity contribution in [2.75, 3.05) is 19.6 Å². The highest BCUT2D eigenvalue weighted by Gasteiger charge is 2.05. The van der Waals surface area contributed by atoms with Gasteiger partial charge in [-0.2, -0.15) is 0 Å². The first-order chi connectivity index (χ1) is 10.3. The number of benzene rings is 1. The zero-order valence-corrected chi connectivity index (χ0v) is 12.0. The van der Waals surface area contributed by atoms with E-state index in [9.17, 15) is 4.79 Å². The predicted molar refractivity (Wildman–Crippen MR) is 81.6 cm³/mol. The number of nitrogens with zero attached hydrogens (tertiary/aromatic N) is 1. The van der Waals surface area contributed by atoms with Crippen LogP contribution in [0.1, 0.15) is 17.3 Å². The first-order valence-corrected chi connectivity index (χ1v) is 6.96. The number of likely N-dealkylation sites (N-methyl/N-ethyl adjacent to an activating group) is 1. The van der Waals surface area contributed by atoms with E-state index in [1.165, 1.54) is 0 Å². The minimum absolute atomic E-state index is 0.0826. The summed E-state index contributed by atoms with van der Waals surface area (Å²) < 4.78 is 5.62. The highest BCUT2D eigenvalue weighted by Crippen LogP contribution is 2.20. The average Bonchev–Trinajstić information content (AvgIpc) is 2.53. The molecule has 110 valence electrons. The van der Waals surface area contributed by atoms with Crippen LogP contribution in [0.25, 0.3) is 0 Å². The molecule has 0 fully saturated rings. The van der Waals surface area contributed by atoms with Crippen molar-refractivity contribution in [2.45, 2.75) is 6.92 Å². The zero-order valence-electron chi connectivity index (χ0n) is 12.0. The van der Waals surface area contributed by atoms with Gasteiger partial charge >= 0.3 is 0 Å². The number of pyridine rings is 1. The first kappa shape index (κ1) is 15.0. The summed E-state index contributed by atoms with van der Waals surface area (Å²) >= 11 is 0. The fourth-order valence-electron chi connectivity index (χ4n) is 1.76. The lowest BCUT2D eigenvalue weighted by atomic mass is 10.2. The molecule has 0 aliphatic heterocycles. The lowest BCUT2D eigenvalue weighted by Gasteiger charge is -2.07. The Morgan fingerprint density at radius 1 is 1.14 bits per heavy atom. The molecule has 1 amide bonds. The molecule has 2 N–H and O–H groups in total. The lowest BCUT2D eigenvalue weighted by Crippen LogP contribution is -2.31. The number of carbonyl (C=O) groups excluding carboxylic acids is 1. The summed E-state index contributed by atoms with van der Waals surface area (Å²) in [6, 6.07) is 10.7. The third-order valence-corrected chi connectivity index (χ3v) is 2.82. The van der Waals surface area contributed by atoms with Crippen LogP contribution in [-0.4, -0.2) is 30.5 Å². The van der Waals surface area contributed by atoms with Crippen molar-refractivity contribution >= 4 is 5.91 Å². The normalized spacial score (nSPS) is 10.1. The summed E-state index contributed by atoms with van der Waals surface area (Å²) in [6.07, 6.45) is 3.33. The Kier molecular flexibility index (Phi) is 5.72. The van der Waals surface area contributed by atoms with Gasteiger partial charge in [0.2, 0.25) is 0 Å². The van der Waals surface area contributed by atoms with Gasteiger partial charge in [0.05, 0.1) is 6.20 Å². The fourth-order valence-corrected chi connectivity index (χ4v) is 1.76. The van der Waals surface area contributed by atoms with Crippen LogP contribution in [0.3, 0.4) is 0 Å². The fraction of sp³-hybridized carbons (Fsp3) is 0.250. The molecule has 0 atom stereocenters. The average molecular weight is 285 g/mol. The van der Waals surface area contributed by atoms with E-state index < -0.39 is 0 Å². The van der Waals surface area contributed by atoms with Crippen LogP contribution in [-0.2, 0) is 0 Å². The van der Waals surface area contributed by atoms with E-state index in [4.69, 9.17) is 4.74 Å². The molecule has 1 heterocycles. The number of amides is 1. The van der Waals surface area contributed by atoms with Crippen LogP contribution >= 0.6 is 0 Å². The largest absolute Gasteiger partial charge is 0.456 e. The number of hydrogen-bond donors (Lipinski definition) is 2. The van der Waals surface area contributed by atoms with E-state index in [1.807, 2.05) is 19.1 Å². The Bertz CT molecular complexity index is 555. The summed E-state index contributed by atoms with van der Waals surface area (Å²) in [5.74, 6) is 1.26. The van der Waals surface area contributed by atoms with Crippen molar-refractivity contribution in [3.05, 3.63) is 54.4 Å². The van der Waals surface area contributed by atoms with Crippen molar-refractivity contribution in [3.63, 3.8) is 0 Å². The molecule has 2 rings (SSSR count).